The maximum Gasteiger partial charge on any atom is 0.335 e. The summed E-state index contributed by atoms with van der Waals surface area (Å²) in [4.78, 5) is 31.2. The van der Waals surface area contributed by atoms with Gasteiger partial charge in [0.05, 0.1) is 27.3 Å². The van der Waals surface area contributed by atoms with Crippen molar-refractivity contribution < 1.29 is 23.5 Å². The fourth-order valence-electron chi connectivity index (χ4n) is 5.46. The van der Waals surface area contributed by atoms with E-state index in [1.165, 1.54) is 25.1 Å². The predicted molar refractivity (Wildman–Crippen MR) is 143 cm³/mol. The number of carboxylic acids is 1. The van der Waals surface area contributed by atoms with Crippen LogP contribution >= 0.6 is 23.2 Å². The molecular weight excluding hydrogens is 535 g/mol. The number of halogens is 4. The zero-order valence-corrected chi connectivity index (χ0v) is 21.9. The first-order chi connectivity index (χ1) is 18.1. The molecule has 1 heterocycles. The molecule has 0 atom stereocenters. The highest BCUT2D eigenvalue weighted by molar-refractivity contribution is 6.34. The average Bonchev–Trinajstić information content (AvgIpc) is 3.24. The lowest BCUT2D eigenvalue weighted by Crippen LogP contribution is -2.54. The van der Waals surface area contributed by atoms with Crippen LogP contribution in [0.25, 0.3) is 22.4 Å². The summed E-state index contributed by atoms with van der Waals surface area (Å²) < 4.78 is 30.8. The third kappa shape index (κ3) is 4.41. The second-order valence-electron chi connectivity index (χ2n) is 9.40. The first kappa shape index (κ1) is 26.1. The van der Waals surface area contributed by atoms with Gasteiger partial charge in [0.25, 0.3) is 0 Å². The van der Waals surface area contributed by atoms with E-state index in [1.807, 2.05) is 0 Å². The summed E-state index contributed by atoms with van der Waals surface area (Å²) in [6, 6.07) is 13.2. The molecule has 1 aliphatic rings. The van der Waals surface area contributed by atoms with Crippen molar-refractivity contribution in [3.63, 3.8) is 0 Å². The topological polar surface area (TPSA) is 75.4 Å². The number of aromatic carboxylic acids is 1. The van der Waals surface area contributed by atoms with Crippen molar-refractivity contribution in [2.24, 2.45) is 0 Å². The molecular formula is C28H23Cl2F2N3O3. The molecule has 6 nitrogen and oxygen atoms in total. The van der Waals surface area contributed by atoms with Crippen LogP contribution in [-0.2, 0) is 10.5 Å². The molecule has 1 amide bonds. The van der Waals surface area contributed by atoms with Crippen LogP contribution in [0.5, 0.6) is 0 Å². The summed E-state index contributed by atoms with van der Waals surface area (Å²) >= 11 is 12.7. The van der Waals surface area contributed by atoms with Crippen LogP contribution in [0.2, 0.25) is 10.0 Å². The van der Waals surface area contributed by atoms with Crippen LogP contribution in [-0.4, -0.2) is 26.5 Å². The van der Waals surface area contributed by atoms with Crippen molar-refractivity contribution >= 4 is 51.8 Å². The van der Waals surface area contributed by atoms with E-state index in [0.717, 1.165) is 31.4 Å². The van der Waals surface area contributed by atoms with Gasteiger partial charge < -0.3 is 5.11 Å². The zero-order valence-electron chi connectivity index (χ0n) is 20.3. The second kappa shape index (κ2) is 10.0. The molecule has 0 bridgehead atoms. The number of imidazole rings is 1. The van der Waals surface area contributed by atoms with Gasteiger partial charge in [-0.25, -0.2) is 18.6 Å². The summed E-state index contributed by atoms with van der Waals surface area (Å²) in [5, 5.41) is 10.0. The van der Waals surface area contributed by atoms with Crippen molar-refractivity contribution in [2.75, 3.05) is 4.90 Å². The molecule has 5 rings (SSSR count). The van der Waals surface area contributed by atoms with Crippen molar-refractivity contribution in [3.05, 3.63) is 81.8 Å². The number of aromatic nitrogens is 2. The summed E-state index contributed by atoms with van der Waals surface area (Å²) in [6.07, 6.45) is 3.38. The molecule has 1 N–H and O–H groups in total. The summed E-state index contributed by atoms with van der Waals surface area (Å²) in [5.74, 6) is -3.15. The Balaban J connectivity index is 1.85. The minimum atomic E-state index is -1.15. The van der Waals surface area contributed by atoms with Gasteiger partial charge in [0, 0.05) is 29.6 Å². The van der Waals surface area contributed by atoms with Crippen LogP contribution in [0.1, 0.15) is 49.4 Å². The smallest absolute Gasteiger partial charge is 0.335 e. The maximum atomic E-state index is 14.7. The van der Waals surface area contributed by atoms with E-state index in [1.54, 1.807) is 33.7 Å². The van der Waals surface area contributed by atoms with Crippen molar-refractivity contribution in [3.8, 4) is 11.4 Å². The van der Waals surface area contributed by atoms with Gasteiger partial charge in [-0.1, -0.05) is 29.6 Å². The molecule has 0 aliphatic heterocycles. The lowest BCUT2D eigenvalue weighted by atomic mass is 9.85. The van der Waals surface area contributed by atoms with E-state index in [2.05, 4.69) is 0 Å². The van der Waals surface area contributed by atoms with Crippen molar-refractivity contribution in [2.45, 2.75) is 44.7 Å². The van der Waals surface area contributed by atoms with Gasteiger partial charge >= 0.3 is 5.97 Å². The van der Waals surface area contributed by atoms with Crippen molar-refractivity contribution in [1.29, 1.82) is 0 Å². The SMILES string of the molecule is CC(=O)N(c1ccc(C(=O)O)cc1Cl)C1(n2c(-c3ccc(Cl)cc3)nc3cc(F)c(F)cc32)CCCCC1. The molecule has 3 aromatic carbocycles. The van der Waals surface area contributed by atoms with E-state index in [4.69, 9.17) is 28.2 Å². The molecule has 1 aliphatic carbocycles. The Morgan fingerprint density at radius 3 is 2.24 bits per heavy atom. The number of nitrogens with zero attached hydrogens (tertiary/aromatic N) is 3. The Morgan fingerprint density at radius 1 is 0.974 bits per heavy atom. The molecule has 196 valence electrons. The van der Waals surface area contributed by atoms with Gasteiger partial charge in [-0.3, -0.25) is 14.3 Å². The molecule has 0 radical (unpaired) electrons. The highest BCUT2D eigenvalue weighted by Crippen LogP contribution is 2.47. The molecule has 0 unspecified atom stereocenters. The molecule has 0 saturated heterocycles. The average molecular weight is 558 g/mol. The number of fused-ring (bicyclic) bond motifs is 1. The van der Waals surface area contributed by atoms with Gasteiger partial charge in [0.2, 0.25) is 5.91 Å². The highest BCUT2D eigenvalue weighted by Gasteiger charge is 2.45. The Bertz CT molecular complexity index is 1560. The van der Waals surface area contributed by atoms with E-state index >= 15 is 0 Å². The number of hydrogen-bond donors (Lipinski definition) is 1. The highest BCUT2D eigenvalue weighted by atomic mass is 35.5. The molecule has 1 aromatic heterocycles. The van der Waals surface area contributed by atoms with Crippen LogP contribution in [0.4, 0.5) is 14.5 Å². The number of anilines is 1. The third-order valence-electron chi connectivity index (χ3n) is 7.04. The maximum absolute atomic E-state index is 14.7. The molecule has 38 heavy (non-hydrogen) atoms. The number of benzene rings is 3. The van der Waals surface area contributed by atoms with Crippen LogP contribution in [0, 0.1) is 11.6 Å². The summed E-state index contributed by atoms with van der Waals surface area (Å²) in [7, 11) is 0. The minimum Gasteiger partial charge on any atom is -0.478 e. The van der Waals surface area contributed by atoms with Gasteiger partial charge in [0.15, 0.2) is 11.6 Å². The fraction of sp³-hybridized carbons (Fsp3) is 0.250. The lowest BCUT2D eigenvalue weighted by Gasteiger charge is -2.48. The Kier molecular flexibility index (Phi) is 6.88. The molecule has 0 spiro atoms. The van der Waals surface area contributed by atoms with E-state index in [-0.39, 0.29) is 22.0 Å². The molecule has 10 heteroatoms. The normalized spacial score (nSPS) is 15.0. The monoisotopic (exact) mass is 557 g/mol. The third-order valence-corrected chi connectivity index (χ3v) is 7.59. The molecule has 4 aromatic rings. The Morgan fingerprint density at radius 2 is 1.63 bits per heavy atom. The van der Waals surface area contributed by atoms with Gasteiger partial charge in [-0.15, -0.1) is 0 Å². The standard InChI is InChI=1S/C28H23Cl2F2N3O3/c1-16(36)34(24-10-7-18(27(37)38)13-20(24)30)28(11-3-2-4-12-28)35-25-15-22(32)21(31)14-23(25)33-26(35)17-5-8-19(29)9-6-17/h5-10,13-15H,2-4,11-12H2,1H3,(H,37,38). The van der Waals surface area contributed by atoms with E-state index in [9.17, 15) is 23.5 Å². The molecule has 1 saturated carbocycles. The summed E-state index contributed by atoms with van der Waals surface area (Å²) in [6.45, 7) is 1.40. The van der Waals surface area contributed by atoms with Gasteiger partial charge in [-0.2, -0.15) is 0 Å². The number of carbonyl (C=O) groups is 2. The Hall–Kier alpha value is -3.49. The quantitative estimate of drug-likeness (QED) is 0.273. The van der Waals surface area contributed by atoms with Crippen molar-refractivity contribution in [1.82, 2.24) is 9.55 Å². The first-order valence-corrected chi connectivity index (χ1v) is 12.9. The van der Waals surface area contributed by atoms with Gasteiger partial charge in [-0.05, 0) is 68.1 Å². The summed E-state index contributed by atoms with van der Waals surface area (Å²) in [5.41, 5.74) is 0.402. The largest absolute Gasteiger partial charge is 0.478 e. The first-order valence-electron chi connectivity index (χ1n) is 12.1. The number of carboxylic acid groups (broad SMARTS) is 1. The predicted octanol–water partition coefficient (Wildman–Crippen LogP) is 7.66. The molecule has 1 fully saturated rings. The minimum absolute atomic E-state index is 0.0209. The lowest BCUT2D eigenvalue weighted by molar-refractivity contribution is -0.119. The number of carbonyl (C=O) groups excluding carboxylic acids is 1. The number of hydrogen-bond acceptors (Lipinski definition) is 3. The number of rotatable bonds is 5. The van der Waals surface area contributed by atoms with Crippen LogP contribution in [0.3, 0.4) is 0 Å². The van der Waals surface area contributed by atoms with Gasteiger partial charge in [0.1, 0.15) is 11.5 Å². The Labute approximate surface area is 227 Å². The van der Waals surface area contributed by atoms with E-state index < -0.39 is 23.3 Å². The number of amides is 1. The van der Waals surface area contributed by atoms with Crippen LogP contribution < -0.4 is 4.90 Å². The van der Waals surface area contributed by atoms with E-state index in [0.29, 0.717) is 40.5 Å². The van der Waals surface area contributed by atoms with Crippen LogP contribution in [0.15, 0.2) is 54.6 Å². The zero-order chi connectivity index (χ0) is 27.2. The fourth-order valence-corrected chi connectivity index (χ4v) is 5.85. The second-order valence-corrected chi connectivity index (χ2v) is 10.2.